The van der Waals surface area contributed by atoms with Gasteiger partial charge in [-0.25, -0.2) is 18.9 Å². The number of nitrogens with zero attached hydrogens (tertiary/aromatic N) is 3. The molecule has 1 aliphatic rings. The van der Waals surface area contributed by atoms with E-state index < -0.39 is 23.7 Å². The van der Waals surface area contributed by atoms with Crippen LogP contribution >= 0.6 is 11.9 Å². The lowest BCUT2D eigenvalue weighted by Crippen LogP contribution is -2.53. The molecule has 9 nitrogen and oxygen atoms in total. The Hall–Kier alpha value is -2.33. The Morgan fingerprint density at radius 3 is 2.32 bits per heavy atom. The Labute approximate surface area is 226 Å². The average Bonchev–Trinajstić information content (AvgIpc) is 2.85. The van der Waals surface area contributed by atoms with Gasteiger partial charge in [0.25, 0.3) is 0 Å². The second-order valence-electron chi connectivity index (χ2n) is 10.7. The topological polar surface area (TPSA) is 101 Å². The van der Waals surface area contributed by atoms with E-state index in [1.807, 2.05) is 13.8 Å². The van der Waals surface area contributed by atoms with E-state index in [9.17, 15) is 14.4 Å². The SMILES string of the molecule is CCOC(=O)c1cccnc1SN(C(=O)OC(C)(C)CC(C(C)C)C(C)C)[C@H](C)C(=O)N1CCNCC1. The number of carbonyl (C=O) groups is 3. The van der Waals surface area contributed by atoms with Crippen LogP contribution in [0.1, 0.15) is 72.2 Å². The summed E-state index contributed by atoms with van der Waals surface area (Å²) < 4.78 is 12.5. The van der Waals surface area contributed by atoms with Gasteiger partial charge in [-0.1, -0.05) is 27.7 Å². The predicted molar refractivity (Wildman–Crippen MR) is 145 cm³/mol. The van der Waals surface area contributed by atoms with Crippen molar-refractivity contribution in [2.75, 3.05) is 32.8 Å². The summed E-state index contributed by atoms with van der Waals surface area (Å²) in [7, 11) is 0. The lowest BCUT2D eigenvalue weighted by atomic mass is 9.78. The zero-order valence-corrected chi connectivity index (χ0v) is 24.4. The van der Waals surface area contributed by atoms with E-state index in [0.717, 1.165) is 11.9 Å². The van der Waals surface area contributed by atoms with Gasteiger partial charge in [0.15, 0.2) is 0 Å². The number of ether oxygens (including phenoxy) is 2. The summed E-state index contributed by atoms with van der Waals surface area (Å²) >= 11 is 0.934. The molecule has 2 amide bonds. The van der Waals surface area contributed by atoms with Crippen molar-refractivity contribution in [2.45, 2.75) is 78.5 Å². The van der Waals surface area contributed by atoms with E-state index in [2.05, 4.69) is 38.0 Å². The smallest absolute Gasteiger partial charge is 0.421 e. The van der Waals surface area contributed by atoms with Crippen LogP contribution < -0.4 is 5.32 Å². The highest BCUT2D eigenvalue weighted by atomic mass is 32.2. The number of aromatic nitrogens is 1. The molecule has 1 saturated heterocycles. The maximum Gasteiger partial charge on any atom is 0.421 e. The van der Waals surface area contributed by atoms with Crippen LogP contribution in [0.25, 0.3) is 0 Å². The first kappa shape index (κ1) is 30.9. The Balaban J connectivity index is 2.35. The molecular formula is C27H44N4O5S. The molecule has 10 heteroatoms. The van der Waals surface area contributed by atoms with E-state index in [-0.39, 0.29) is 23.1 Å². The van der Waals surface area contributed by atoms with Crippen molar-refractivity contribution in [1.29, 1.82) is 0 Å². The quantitative estimate of drug-likeness (QED) is 0.323. The van der Waals surface area contributed by atoms with Crippen LogP contribution in [0, 0.1) is 17.8 Å². The third-order valence-corrected chi connectivity index (χ3v) is 7.73. The molecule has 2 rings (SSSR count). The van der Waals surface area contributed by atoms with Crippen molar-refractivity contribution in [3.8, 4) is 0 Å². The monoisotopic (exact) mass is 536 g/mol. The molecule has 1 fully saturated rings. The molecule has 0 spiro atoms. The number of carbonyl (C=O) groups excluding carboxylic acids is 3. The number of piperazine rings is 1. The minimum absolute atomic E-state index is 0.181. The van der Waals surface area contributed by atoms with Gasteiger partial charge in [0, 0.05) is 44.3 Å². The minimum atomic E-state index is -0.838. The first-order valence-electron chi connectivity index (χ1n) is 13.2. The molecule has 2 heterocycles. The summed E-state index contributed by atoms with van der Waals surface area (Å²) in [5.74, 6) is 0.494. The summed E-state index contributed by atoms with van der Waals surface area (Å²) in [6.07, 6.45) is 1.58. The highest BCUT2D eigenvalue weighted by molar-refractivity contribution is 7.97. The van der Waals surface area contributed by atoms with Crippen molar-refractivity contribution in [2.24, 2.45) is 17.8 Å². The standard InChI is InChI=1S/C27H44N4O5S/c1-9-35-25(33)21-11-10-12-29-23(21)37-31(20(6)24(32)30-15-13-28-14-16-30)26(34)36-27(7,8)17-22(18(2)3)19(4)5/h10-12,18-20,22,28H,9,13-17H2,1-8H3/t20-/m1/s1. The molecule has 1 aromatic heterocycles. The zero-order valence-electron chi connectivity index (χ0n) is 23.6. The molecule has 37 heavy (non-hydrogen) atoms. The molecule has 0 bridgehead atoms. The molecule has 0 aliphatic carbocycles. The van der Waals surface area contributed by atoms with E-state index in [4.69, 9.17) is 9.47 Å². The number of esters is 1. The second-order valence-corrected chi connectivity index (χ2v) is 11.7. The lowest BCUT2D eigenvalue weighted by Gasteiger charge is -2.37. The zero-order chi connectivity index (χ0) is 27.8. The third-order valence-electron chi connectivity index (χ3n) is 6.57. The number of rotatable bonds is 11. The van der Waals surface area contributed by atoms with Crippen molar-refractivity contribution >= 4 is 29.9 Å². The van der Waals surface area contributed by atoms with Crippen LogP contribution in [0.5, 0.6) is 0 Å². The van der Waals surface area contributed by atoms with Gasteiger partial charge in [-0.05, 0) is 64.0 Å². The molecule has 0 saturated carbocycles. The number of amides is 2. The molecule has 1 aromatic rings. The van der Waals surface area contributed by atoms with E-state index in [0.29, 0.717) is 50.4 Å². The van der Waals surface area contributed by atoms with Crippen molar-refractivity contribution in [3.63, 3.8) is 0 Å². The maximum atomic E-state index is 13.7. The predicted octanol–water partition coefficient (Wildman–Crippen LogP) is 4.62. The van der Waals surface area contributed by atoms with Crippen LogP contribution in [0.15, 0.2) is 23.4 Å². The molecule has 1 aliphatic heterocycles. The first-order valence-corrected chi connectivity index (χ1v) is 14.0. The summed E-state index contributed by atoms with van der Waals surface area (Å²) in [6, 6.07) is 2.39. The molecule has 0 aromatic carbocycles. The Bertz CT molecular complexity index is 910. The van der Waals surface area contributed by atoms with Gasteiger partial charge < -0.3 is 19.7 Å². The van der Waals surface area contributed by atoms with Gasteiger partial charge in [-0.15, -0.1) is 0 Å². The second kappa shape index (κ2) is 14.0. The number of pyridine rings is 1. The summed E-state index contributed by atoms with van der Waals surface area (Å²) in [6.45, 7) is 18.6. The van der Waals surface area contributed by atoms with Crippen LogP contribution in [0.3, 0.4) is 0 Å². The third kappa shape index (κ3) is 8.88. The van der Waals surface area contributed by atoms with Gasteiger partial charge >= 0.3 is 12.1 Å². The highest BCUT2D eigenvalue weighted by Gasteiger charge is 2.37. The fourth-order valence-corrected chi connectivity index (χ4v) is 5.48. The average molecular weight is 537 g/mol. The molecule has 1 N–H and O–H groups in total. The van der Waals surface area contributed by atoms with Gasteiger partial charge in [0.05, 0.1) is 12.2 Å². The maximum absolute atomic E-state index is 13.7. The van der Waals surface area contributed by atoms with Crippen LogP contribution in [0.2, 0.25) is 0 Å². The highest BCUT2D eigenvalue weighted by Crippen LogP contribution is 2.34. The number of nitrogens with one attached hydrogen (secondary N) is 1. The van der Waals surface area contributed by atoms with Crippen molar-refractivity contribution in [3.05, 3.63) is 23.9 Å². The minimum Gasteiger partial charge on any atom is -0.462 e. The van der Waals surface area contributed by atoms with Gasteiger partial charge in [-0.3, -0.25) is 4.79 Å². The Morgan fingerprint density at radius 2 is 1.76 bits per heavy atom. The molecular weight excluding hydrogens is 492 g/mol. The molecule has 0 radical (unpaired) electrons. The van der Waals surface area contributed by atoms with Gasteiger partial charge in [0.1, 0.15) is 16.7 Å². The number of hydrogen-bond acceptors (Lipinski definition) is 8. The van der Waals surface area contributed by atoms with Crippen molar-refractivity contribution in [1.82, 2.24) is 19.5 Å². The van der Waals surface area contributed by atoms with Crippen LogP contribution in [-0.2, 0) is 14.3 Å². The number of hydrogen-bond donors (Lipinski definition) is 1. The molecule has 1 atom stereocenters. The largest absolute Gasteiger partial charge is 0.462 e. The summed E-state index contributed by atoms with van der Waals surface area (Å²) in [5, 5.41) is 3.51. The van der Waals surface area contributed by atoms with E-state index >= 15 is 0 Å². The van der Waals surface area contributed by atoms with E-state index in [1.54, 1.807) is 30.9 Å². The summed E-state index contributed by atoms with van der Waals surface area (Å²) in [4.78, 5) is 45.7. The fraction of sp³-hybridized carbons (Fsp3) is 0.704. The van der Waals surface area contributed by atoms with Crippen LogP contribution in [-0.4, -0.2) is 76.6 Å². The lowest BCUT2D eigenvalue weighted by molar-refractivity contribution is -0.135. The van der Waals surface area contributed by atoms with Crippen LogP contribution in [0.4, 0.5) is 4.79 Å². The van der Waals surface area contributed by atoms with Gasteiger partial charge in [0.2, 0.25) is 5.91 Å². The first-order chi connectivity index (χ1) is 17.4. The Morgan fingerprint density at radius 1 is 1.14 bits per heavy atom. The van der Waals surface area contributed by atoms with Gasteiger partial charge in [-0.2, -0.15) is 0 Å². The Kier molecular flexibility index (Phi) is 11.7. The van der Waals surface area contributed by atoms with Crippen molar-refractivity contribution < 1.29 is 23.9 Å². The molecule has 208 valence electrons. The molecule has 0 unspecified atom stereocenters. The normalized spacial score (nSPS) is 15.2. The fourth-order valence-electron chi connectivity index (χ4n) is 4.58. The van der Waals surface area contributed by atoms with E-state index in [1.165, 1.54) is 10.5 Å². The summed E-state index contributed by atoms with van der Waals surface area (Å²) in [5.41, 5.74) is -0.533.